The molecule has 1 N–H and O–H groups in total. The second-order valence-electron chi connectivity index (χ2n) is 5.39. The number of carbonyl (C=O) groups excluding carboxylic acids is 1. The first kappa shape index (κ1) is 17.0. The summed E-state index contributed by atoms with van der Waals surface area (Å²) in [7, 11) is 1.59. The van der Waals surface area contributed by atoms with Crippen LogP contribution in [0.5, 0.6) is 5.75 Å². The van der Waals surface area contributed by atoms with Gasteiger partial charge in [0.1, 0.15) is 5.75 Å². The molecule has 3 aromatic rings. The maximum absolute atomic E-state index is 12.2. The van der Waals surface area contributed by atoms with E-state index in [1.54, 1.807) is 49.6 Å². The van der Waals surface area contributed by atoms with Crippen molar-refractivity contribution < 1.29 is 14.1 Å². The van der Waals surface area contributed by atoms with Crippen molar-refractivity contribution in [1.82, 2.24) is 15.5 Å². The van der Waals surface area contributed by atoms with Gasteiger partial charge in [0.15, 0.2) is 0 Å². The van der Waals surface area contributed by atoms with E-state index in [9.17, 15) is 4.79 Å². The van der Waals surface area contributed by atoms with Crippen LogP contribution < -0.4 is 10.1 Å². The summed E-state index contributed by atoms with van der Waals surface area (Å²) in [4.78, 5) is 16.5. The summed E-state index contributed by atoms with van der Waals surface area (Å²) in [5.74, 6) is 1.28. The van der Waals surface area contributed by atoms with E-state index >= 15 is 0 Å². The Morgan fingerprint density at radius 1 is 1.24 bits per heavy atom. The van der Waals surface area contributed by atoms with Gasteiger partial charge in [-0.1, -0.05) is 16.8 Å². The van der Waals surface area contributed by atoms with Gasteiger partial charge in [0.05, 0.1) is 13.7 Å². The average Bonchev–Trinajstić information content (AvgIpc) is 3.09. The highest BCUT2D eigenvalue weighted by Crippen LogP contribution is 2.19. The minimum atomic E-state index is -0.225. The first-order valence-electron chi connectivity index (χ1n) is 7.58. The predicted molar refractivity (Wildman–Crippen MR) is 93.6 cm³/mol. The summed E-state index contributed by atoms with van der Waals surface area (Å²) in [6.45, 7) is 2.02. The maximum atomic E-state index is 12.2. The van der Waals surface area contributed by atoms with Crippen LogP contribution in [0.15, 0.2) is 47.0 Å². The van der Waals surface area contributed by atoms with Gasteiger partial charge >= 0.3 is 0 Å². The number of aryl methyl sites for hydroxylation is 1. The Morgan fingerprint density at radius 2 is 2.00 bits per heavy atom. The molecule has 0 unspecified atom stereocenters. The van der Waals surface area contributed by atoms with E-state index in [-0.39, 0.29) is 12.5 Å². The third kappa shape index (κ3) is 3.97. The van der Waals surface area contributed by atoms with Crippen LogP contribution in [0.2, 0.25) is 5.02 Å². The van der Waals surface area contributed by atoms with Gasteiger partial charge in [-0.25, -0.2) is 0 Å². The molecule has 0 fully saturated rings. The maximum Gasteiger partial charge on any atom is 0.251 e. The van der Waals surface area contributed by atoms with Crippen LogP contribution in [0.4, 0.5) is 0 Å². The Bertz CT molecular complexity index is 891. The number of hydrogen-bond donors (Lipinski definition) is 1. The van der Waals surface area contributed by atoms with E-state index in [1.807, 2.05) is 6.92 Å². The fourth-order valence-electron chi connectivity index (χ4n) is 2.32. The normalized spacial score (nSPS) is 10.5. The van der Waals surface area contributed by atoms with Crippen molar-refractivity contribution in [3.8, 4) is 17.1 Å². The Balaban J connectivity index is 1.65. The number of amides is 1. The molecule has 25 heavy (non-hydrogen) atoms. The summed E-state index contributed by atoms with van der Waals surface area (Å²) in [6, 6.07) is 12.3. The van der Waals surface area contributed by atoms with Gasteiger partial charge in [-0.3, -0.25) is 4.79 Å². The zero-order valence-electron chi connectivity index (χ0n) is 13.7. The molecule has 0 aliphatic carbocycles. The SMILES string of the molecule is COc1ccc(C(=O)NCc2nc(-c3ccc(Cl)cc3)no2)cc1C. The van der Waals surface area contributed by atoms with Gasteiger partial charge in [-0.2, -0.15) is 4.98 Å². The fraction of sp³-hybridized carbons (Fsp3) is 0.167. The fourth-order valence-corrected chi connectivity index (χ4v) is 2.45. The zero-order chi connectivity index (χ0) is 17.8. The summed E-state index contributed by atoms with van der Waals surface area (Å²) in [5, 5.41) is 7.30. The molecule has 0 bridgehead atoms. The summed E-state index contributed by atoms with van der Waals surface area (Å²) in [5.41, 5.74) is 2.21. The van der Waals surface area contributed by atoms with E-state index in [0.29, 0.717) is 22.3 Å². The van der Waals surface area contributed by atoms with Crippen molar-refractivity contribution >= 4 is 17.5 Å². The van der Waals surface area contributed by atoms with Crippen LogP contribution in [0.25, 0.3) is 11.4 Å². The molecule has 0 spiro atoms. The van der Waals surface area contributed by atoms with Crippen molar-refractivity contribution in [2.45, 2.75) is 13.5 Å². The third-order valence-electron chi connectivity index (χ3n) is 3.63. The zero-order valence-corrected chi connectivity index (χ0v) is 14.5. The van der Waals surface area contributed by atoms with Crippen LogP contribution in [0, 0.1) is 6.92 Å². The topological polar surface area (TPSA) is 77.2 Å². The van der Waals surface area contributed by atoms with Gasteiger partial charge in [0.25, 0.3) is 5.91 Å². The minimum Gasteiger partial charge on any atom is -0.496 e. The highest BCUT2D eigenvalue weighted by Gasteiger charge is 2.12. The molecule has 3 rings (SSSR count). The number of aromatic nitrogens is 2. The largest absolute Gasteiger partial charge is 0.496 e. The average molecular weight is 358 g/mol. The van der Waals surface area contributed by atoms with Crippen LogP contribution in [0.3, 0.4) is 0 Å². The molecule has 0 saturated carbocycles. The lowest BCUT2D eigenvalue weighted by molar-refractivity contribution is 0.0946. The number of hydrogen-bond acceptors (Lipinski definition) is 5. The molecular formula is C18H16ClN3O3. The number of benzene rings is 2. The van der Waals surface area contributed by atoms with Crippen LogP contribution in [-0.2, 0) is 6.54 Å². The highest BCUT2D eigenvalue weighted by molar-refractivity contribution is 6.30. The van der Waals surface area contributed by atoms with E-state index < -0.39 is 0 Å². The quantitative estimate of drug-likeness (QED) is 0.754. The molecule has 0 aliphatic heterocycles. The van der Waals surface area contributed by atoms with Gasteiger partial charge < -0.3 is 14.6 Å². The third-order valence-corrected chi connectivity index (χ3v) is 3.88. The number of halogens is 1. The van der Waals surface area contributed by atoms with Crippen LogP contribution in [0.1, 0.15) is 21.8 Å². The molecule has 0 atom stereocenters. The molecule has 6 nitrogen and oxygen atoms in total. The lowest BCUT2D eigenvalue weighted by Crippen LogP contribution is -2.23. The highest BCUT2D eigenvalue weighted by atomic mass is 35.5. The molecule has 7 heteroatoms. The first-order valence-corrected chi connectivity index (χ1v) is 7.96. The molecule has 0 saturated heterocycles. The molecule has 1 heterocycles. The lowest BCUT2D eigenvalue weighted by atomic mass is 10.1. The van der Waals surface area contributed by atoms with Crippen molar-refractivity contribution in [3.05, 3.63) is 64.5 Å². The molecule has 0 radical (unpaired) electrons. The van der Waals surface area contributed by atoms with Gasteiger partial charge in [-0.15, -0.1) is 0 Å². The number of nitrogens with zero attached hydrogens (tertiary/aromatic N) is 2. The van der Waals surface area contributed by atoms with Crippen molar-refractivity contribution in [1.29, 1.82) is 0 Å². The Labute approximate surface area is 149 Å². The summed E-state index contributed by atoms with van der Waals surface area (Å²) in [6.07, 6.45) is 0. The van der Waals surface area contributed by atoms with Gasteiger partial charge in [0.2, 0.25) is 11.7 Å². The van der Waals surface area contributed by atoms with E-state index in [1.165, 1.54) is 0 Å². The Morgan fingerprint density at radius 3 is 2.68 bits per heavy atom. The Kier molecular flexibility index (Phi) is 5.00. The lowest BCUT2D eigenvalue weighted by Gasteiger charge is -2.07. The minimum absolute atomic E-state index is 0.143. The monoisotopic (exact) mass is 357 g/mol. The Hall–Kier alpha value is -2.86. The van der Waals surface area contributed by atoms with E-state index in [4.69, 9.17) is 20.9 Å². The smallest absolute Gasteiger partial charge is 0.251 e. The second-order valence-corrected chi connectivity index (χ2v) is 5.82. The summed E-state index contributed by atoms with van der Waals surface area (Å²) >= 11 is 5.86. The molecule has 0 aliphatic rings. The molecule has 1 amide bonds. The first-order chi connectivity index (χ1) is 12.1. The number of methoxy groups -OCH3 is 1. The molecule has 2 aromatic carbocycles. The summed E-state index contributed by atoms with van der Waals surface area (Å²) < 4.78 is 10.4. The van der Waals surface area contributed by atoms with Crippen molar-refractivity contribution in [3.63, 3.8) is 0 Å². The number of nitrogens with one attached hydrogen (secondary N) is 1. The number of carbonyl (C=O) groups is 1. The second kappa shape index (κ2) is 7.36. The van der Waals surface area contributed by atoms with Crippen LogP contribution in [-0.4, -0.2) is 23.2 Å². The van der Waals surface area contributed by atoms with Gasteiger partial charge in [-0.05, 0) is 55.0 Å². The van der Waals surface area contributed by atoms with Gasteiger partial charge in [0, 0.05) is 16.1 Å². The van der Waals surface area contributed by atoms with Crippen molar-refractivity contribution in [2.75, 3.05) is 7.11 Å². The molecular weight excluding hydrogens is 342 g/mol. The van der Waals surface area contributed by atoms with Crippen molar-refractivity contribution in [2.24, 2.45) is 0 Å². The molecule has 128 valence electrons. The standard InChI is InChI=1S/C18H16ClN3O3/c1-11-9-13(5-8-15(11)24-2)18(23)20-10-16-21-17(22-25-16)12-3-6-14(19)7-4-12/h3-9H,10H2,1-2H3,(H,20,23). The predicted octanol–water partition coefficient (Wildman–Crippen LogP) is 3.64. The van der Waals surface area contributed by atoms with E-state index in [2.05, 4.69) is 15.5 Å². The van der Waals surface area contributed by atoms with Crippen LogP contribution >= 0.6 is 11.6 Å². The number of ether oxygens (including phenoxy) is 1. The molecule has 1 aromatic heterocycles. The number of rotatable bonds is 5. The van der Waals surface area contributed by atoms with E-state index in [0.717, 1.165) is 16.9 Å².